The Balaban J connectivity index is 1.38. The molecule has 2 aromatic rings. The first-order valence-corrected chi connectivity index (χ1v) is 11.7. The van der Waals surface area contributed by atoms with Crippen molar-refractivity contribution >= 4 is 15.7 Å². The Labute approximate surface area is 174 Å². The second-order valence-electron chi connectivity index (χ2n) is 7.51. The van der Waals surface area contributed by atoms with Gasteiger partial charge in [0.1, 0.15) is 10.6 Å². The summed E-state index contributed by atoms with van der Waals surface area (Å²) < 4.78 is 28.5. The van der Waals surface area contributed by atoms with Crippen molar-refractivity contribution in [2.75, 3.05) is 44.7 Å². The molecule has 0 radical (unpaired) electrons. The van der Waals surface area contributed by atoms with Gasteiger partial charge in [-0.2, -0.15) is 0 Å². The van der Waals surface area contributed by atoms with Crippen molar-refractivity contribution < 1.29 is 13.2 Å². The quantitative estimate of drug-likeness (QED) is 0.635. The monoisotopic (exact) mass is 417 g/mol. The fraction of sp³-hybridized carbons (Fsp3) is 0.455. The highest BCUT2D eigenvalue weighted by Crippen LogP contribution is 2.24. The number of methoxy groups -OCH3 is 1. The molecule has 3 rings (SSSR count). The fourth-order valence-electron chi connectivity index (χ4n) is 3.81. The minimum Gasteiger partial charge on any atom is -0.495 e. The van der Waals surface area contributed by atoms with Crippen LogP contribution in [0.2, 0.25) is 0 Å². The van der Waals surface area contributed by atoms with Crippen LogP contribution in [0.5, 0.6) is 5.75 Å². The van der Waals surface area contributed by atoms with Gasteiger partial charge in [0.25, 0.3) is 0 Å². The van der Waals surface area contributed by atoms with E-state index >= 15 is 0 Å². The molecular weight excluding hydrogens is 386 g/mol. The molecule has 6 nitrogen and oxygen atoms in total. The van der Waals surface area contributed by atoms with E-state index in [-0.39, 0.29) is 4.90 Å². The molecule has 0 spiro atoms. The van der Waals surface area contributed by atoms with Crippen LogP contribution in [0.3, 0.4) is 0 Å². The molecule has 0 unspecified atom stereocenters. The second-order valence-corrected chi connectivity index (χ2v) is 9.03. The summed E-state index contributed by atoms with van der Waals surface area (Å²) in [6, 6.07) is 15.8. The number of benzene rings is 2. The lowest BCUT2D eigenvalue weighted by Crippen LogP contribution is -2.46. The number of nitrogens with two attached hydrogens (primary N) is 1. The number of sulfonamides is 1. The number of hydrogen-bond acceptors (Lipinski definition) is 5. The smallest absolute Gasteiger partial charge is 0.241 e. The van der Waals surface area contributed by atoms with Crippen LogP contribution >= 0.6 is 0 Å². The minimum absolute atomic E-state index is 0.0637. The number of aryl methyl sites for hydroxylation is 1. The van der Waals surface area contributed by atoms with Gasteiger partial charge in [-0.15, -0.1) is 0 Å². The maximum atomic E-state index is 11.7. The van der Waals surface area contributed by atoms with Crippen molar-refractivity contribution in [1.82, 2.24) is 4.90 Å². The summed E-state index contributed by atoms with van der Waals surface area (Å²) in [5, 5.41) is 5.29. The molecule has 0 amide bonds. The highest BCUT2D eigenvalue weighted by atomic mass is 32.2. The van der Waals surface area contributed by atoms with Gasteiger partial charge in [0.15, 0.2) is 0 Å². The van der Waals surface area contributed by atoms with Crippen molar-refractivity contribution in [3.05, 3.63) is 54.1 Å². The maximum Gasteiger partial charge on any atom is 0.241 e. The van der Waals surface area contributed by atoms with E-state index in [9.17, 15) is 8.42 Å². The molecule has 2 aromatic carbocycles. The third-order valence-corrected chi connectivity index (χ3v) is 6.40. The first-order chi connectivity index (χ1) is 14.0. The van der Waals surface area contributed by atoms with Crippen molar-refractivity contribution in [3.8, 4) is 5.75 Å². The third kappa shape index (κ3) is 6.19. The highest BCUT2D eigenvalue weighted by Gasteiger charge is 2.17. The van der Waals surface area contributed by atoms with Crippen molar-refractivity contribution in [3.63, 3.8) is 0 Å². The first-order valence-electron chi connectivity index (χ1n) is 10.2. The van der Waals surface area contributed by atoms with Crippen molar-refractivity contribution in [1.29, 1.82) is 0 Å². The fourth-order valence-corrected chi connectivity index (χ4v) is 4.56. The molecule has 0 aliphatic carbocycles. The van der Waals surface area contributed by atoms with Gasteiger partial charge in [-0.3, -0.25) is 4.90 Å². The van der Waals surface area contributed by atoms with Crippen LogP contribution in [0.4, 0.5) is 5.69 Å². The van der Waals surface area contributed by atoms with E-state index in [1.54, 1.807) is 12.1 Å². The number of hydrogen-bond donors (Lipinski definition) is 1. The lowest BCUT2D eigenvalue weighted by molar-refractivity contribution is 0.252. The molecule has 7 heteroatoms. The van der Waals surface area contributed by atoms with Gasteiger partial charge >= 0.3 is 0 Å². The average Bonchev–Trinajstić information content (AvgIpc) is 2.74. The van der Waals surface area contributed by atoms with E-state index in [2.05, 4.69) is 40.1 Å². The molecule has 1 saturated heterocycles. The minimum atomic E-state index is -3.78. The molecule has 0 atom stereocenters. The number of para-hydroxylation sites is 1. The summed E-state index contributed by atoms with van der Waals surface area (Å²) in [5.74, 6) is 0.297. The molecule has 1 heterocycles. The molecular formula is C22H31N3O3S. The third-order valence-electron chi connectivity index (χ3n) is 5.47. The average molecular weight is 418 g/mol. The van der Waals surface area contributed by atoms with Crippen LogP contribution in [0.1, 0.15) is 24.8 Å². The van der Waals surface area contributed by atoms with E-state index in [1.807, 2.05) is 6.07 Å². The van der Waals surface area contributed by atoms with Crippen LogP contribution < -0.4 is 14.8 Å². The van der Waals surface area contributed by atoms with Gasteiger partial charge in [-0.25, -0.2) is 13.6 Å². The summed E-state index contributed by atoms with van der Waals surface area (Å²) in [6.07, 6.45) is 4.15. The van der Waals surface area contributed by atoms with E-state index in [1.165, 1.54) is 12.8 Å². The molecule has 158 valence electrons. The summed E-state index contributed by atoms with van der Waals surface area (Å²) in [7, 11) is -2.33. The van der Waals surface area contributed by atoms with Crippen molar-refractivity contribution in [2.24, 2.45) is 5.14 Å². The maximum absolute atomic E-state index is 11.7. The largest absolute Gasteiger partial charge is 0.495 e. The number of primary sulfonamides is 1. The van der Waals surface area contributed by atoms with Crippen LogP contribution in [0.15, 0.2) is 53.4 Å². The van der Waals surface area contributed by atoms with Crippen LogP contribution in [0, 0.1) is 0 Å². The molecule has 29 heavy (non-hydrogen) atoms. The van der Waals surface area contributed by atoms with Gasteiger partial charge in [-0.05, 0) is 55.6 Å². The summed E-state index contributed by atoms with van der Waals surface area (Å²) in [4.78, 5) is 5.05. The van der Waals surface area contributed by atoms with Crippen LogP contribution in [-0.4, -0.2) is 53.2 Å². The van der Waals surface area contributed by atoms with E-state index < -0.39 is 10.0 Å². The summed E-state index contributed by atoms with van der Waals surface area (Å²) >= 11 is 0. The number of ether oxygens (including phenoxy) is 1. The second kappa shape index (κ2) is 10.1. The number of anilines is 1. The molecule has 1 aliphatic heterocycles. The van der Waals surface area contributed by atoms with E-state index in [0.29, 0.717) is 5.75 Å². The predicted molar refractivity (Wildman–Crippen MR) is 117 cm³/mol. The SMILES string of the molecule is COc1ccc(CCCCCN2CCN(c3ccccc3)CC2)cc1S(N)(=O)=O. The predicted octanol–water partition coefficient (Wildman–Crippen LogP) is 2.88. The molecule has 0 aromatic heterocycles. The van der Waals surface area contributed by atoms with E-state index in [4.69, 9.17) is 9.88 Å². The molecule has 0 bridgehead atoms. The first kappa shape index (κ1) is 21.6. The lowest BCUT2D eigenvalue weighted by atomic mass is 10.1. The lowest BCUT2D eigenvalue weighted by Gasteiger charge is -2.36. The molecule has 2 N–H and O–H groups in total. The zero-order valence-electron chi connectivity index (χ0n) is 17.1. The van der Waals surface area contributed by atoms with Gasteiger partial charge in [0.2, 0.25) is 10.0 Å². The molecule has 1 aliphatic rings. The van der Waals surface area contributed by atoms with Crippen LogP contribution in [0.25, 0.3) is 0 Å². The zero-order valence-corrected chi connectivity index (χ0v) is 17.9. The van der Waals surface area contributed by atoms with Gasteiger partial charge in [0, 0.05) is 31.9 Å². The Morgan fingerprint density at radius 3 is 2.34 bits per heavy atom. The van der Waals surface area contributed by atoms with Gasteiger partial charge in [0.05, 0.1) is 7.11 Å². The van der Waals surface area contributed by atoms with Gasteiger partial charge < -0.3 is 9.64 Å². The van der Waals surface area contributed by atoms with Crippen LogP contribution in [-0.2, 0) is 16.4 Å². The normalized spacial score (nSPS) is 15.4. The Morgan fingerprint density at radius 2 is 1.69 bits per heavy atom. The number of rotatable bonds is 9. The Hall–Kier alpha value is -2.09. The molecule has 1 fully saturated rings. The topological polar surface area (TPSA) is 75.9 Å². The highest BCUT2D eigenvalue weighted by molar-refractivity contribution is 7.89. The Morgan fingerprint density at radius 1 is 0.966 bits per heavy atom. The van der Waals surface area contributed by atoms with Crippen molar-refractivity contribution in [2.45, 2.75) is 30.6 Å². The summed E-state index contributed by atoms with van der Waals surface area (Å²) in [6.45, 7) is 5.47. The molecule has 0 saturated carbocycles. The number of unbranched alkanes of at least 4 members (excludes halogenated alkanes) is 2. The van der Waals surface area contributed by atoms with E-state index in [0.717, 1.165) is 64.0 Å². The summed E-state index contributed by atoms with van der Waals surface area (Å²) in [5.41, 5.74) is 2.29. The standard InChI is InChI=1S/C22H31N3O3S/c1-28-21-12-11-19(18-22(21)29(23,26)27)8-4-3-7-13-24-14-16-25(17-15-24)20-9-5-2-6-10-20/h2,5-6,9-12,18H,3-4,7-8,13-17H2,1H3,(H2,23,26,27). The zero-order chi connectivity index (χ0) is 20.7. The van der Waals surface area contributed by atoms with Gasteiger partial charge in [-0.1, -0.05) is 30.7 Å². The number of nitrogens with zero attached hydrogens (tertiary/aromatic N) is 2. The Kier molecular flexibility index (Phi) is 7.52. The number of piperazine rings is 1. The Bertz CT molecular complexity index is 879.